The molecule has 0 spiro atoms. The maximum Gasteiger partial charge on any atom is 0.323 e. The van der Waals surface area contributed by atoms with Crippen LogP contribution in [0.2, 0.25) is 0 Å². The molecule has 1 rings (SSSR count). The molecular formula is C11H21NO3S. The molecule has 94 valence electrons. The summed E-state index contributed by atoms with van der Waals surface area (Å²) in [6, 6.07) is 0. The van der Waals surface area contributed by atoms with Gasteiger partial charge in [0.15, 0.2) is 0 Å². The molecule has 0 amide bonds. The largest absolute Gasteiger partial charge is 0.480 e. The summed E-state index contributed by atoms with van der Waals surface area (Å²) in [7, 11) is 1.70. The van der Waals surface area contributed by atoms with Gasteiger partial charge < -0.3 is 15.2 Å². The molecular weight excluding hydrogens is 226 g/mol. The van der Waals surface area contributed by atoms with E-state index in [0.717, 1.165) is 31.8 Å². The number of carbonyl (C=O) groups is 1. The normalized spacial score (nSPS) is 20.1. The van der Waals surface area contributed by atoms with Crippen molar-refractivity contribution in [3.8, 4) is 0 Å². The highest BCUT2D eigenvalue weighted by Crippen LogP contribution is 2.21. The van der Waals surface area contributed by atoms with Crippen LogP contribution in [0.3, 0.4) is 0 Å². The number of rotatable bonds is 8. The van der Waals surface area contributed by atoms with Crippen molar-refractivity contribution in [1.29, 1.82) is 0 Å². The van der Waals surface area contributed by atoms with Gasteiger partial charge in [-0.25, -0.2) is 0 Å². The SMILES string of the molecule is CNC(C)(CCCCSC1COC1)C(=O)O. The lowest BCUT2D eigenvalue weighted by Crippen LogP contribution is -2.47. The van der Waals surface area contributed by atoms with Crippen LogP contribution in [0, 0.1) is 0 Å². The molecule has 0 aliphatic carbocycles. The Bertz CT molecular complexity index is 233. The zero-order valence-electron chi connectivity index (χ0n) is 9.99. The third kappa shape index (κ3) is 3.96. The number of nitrogens with one attached hydrogen (secondary N) is 1. The molecule has 1 aliphatic heterocycles. The van der Waals surface area contributed by atoms with Gasteiger partial charge in [-0.15, -0.1) is 0 Å². The Labute approximate surface area is 101 Å². The summed E-state index contributed by atoms with van der Waals surface area (Å²) < 4.78 is 5.09. The first-order valence-corrected chi connectivity index (χ1v) is 6.75. The molecule has 1 unspecified atom stereocenters. The molecule has 1 saturated heterocycles. The number of thioether (sulfide) groups is 1. The molecule has 1 heterocycles. The second-order valence-corrected chi connectivity index (χ2v) is 5.78. The molecule has 5 heteroatoms. The summed E-state index contributed by atoms with van der Waals surface area (Å²) in [6.07, 6.45) is 2.70. The quantitative estimate of drug-likeness (QED) is 0.634. The van der Waals surface area contributed by atoms with E-state index in [0.29, 0.717) is 11.7 Å². The molecule has 1 fully saturated rings. The van der Waals surface area contributed by atoms with Crippen molar-refractivity contribution in [1.82, 2.24) is 5.32 Å². The van der Waals surface area contributed by atoms with Crippen molar-refractivity contribution in [3.05, 3.63) is 0 Å². The molecule has 0 aromatic carbocycles. The topological polar surface area (TPSA) is 58.6 Å². The summed E-state index contributed by atoms with van der Waals surface area (Å²) in [5.41, 5.74) is -0.774. The average Bonchev–Trinajstić information content (AvgIpc) is 2.19. The average molecular weight is 247 g/mol. The number of likely N-dealkylation sites (N-methyl/N-ethyl adjacent to an activating group) is 1. The molecule has 0 radical (unpaired) electrons. The van der Waals surface area contributed by atoms with Crippen molar-refractivity contribution in [2.45, 2.75) is 37.0 Å². The number of carboxylic acids is 1. The zero-order valence-corrected chi connectivity index (χ0v) is 10.8. The van der Waals surface area contributed by atoms with Gasteiger partial charge in [-0.3, -0.25) is 4.79 Å². The fourth-order valence-electron chi connectivity index (χ4n) is 1.48. The smallest absolute Gasteiger partial charge is 0.323 e. The summed E-state index contributed by atoms with van der Waals surface area (Å²) in [5, 5.41) is 12.6. The van der Waals surface area contributed by atoms with Crippen LogP contribution in [-0.4, -0.2) is 47.9 Å². The Morgan fingerprint density at radius 2 is 2.25 bits per heavy atom. The number of aliphatic carboxylic acids is 1. The number of hydrogen-bond acceptors (Lipinski definition) is 4. The van der Waals surface area contributed by atoms with Crippen LogP contribution in [0.15, 0.2) is 0 Å². The van der Waals surface area contributed by atoms with E-state index in [2.05, 4.69) is 5.32 Å². The Kier molecular flexibility index (Phi) is 5.58. The molecule has 0 saturated carbocycles. The van der Waals surface area contributed by atoms with E-state index in [1.165, 1.54) is 0 Å². The standard InChI is InChI=1S/C11H21NO3S/c1-11(12-2,10(13)14)5-3-4-6-16-9-7-15-8-9/h9,12H,3-8H2,1-2H3,(H,13,14). The minimum Gasteiger partial charge on any atom is -0.480 e. The van der Waals surface area contributed by atoms with Crippen LogP contribution in [0.25, 0.3) is 0 Å². The predicted molar refractivity (Wildman–Crippen MR) is 66.0 cm³/mol. The van der Waals surface area contributed by atoms with Crippen molar-refractivity contribution in [2.24, 2.45) is 0 Å². The molecule has 16 heavy (non-hydrogen) atoms. The van der Waals surface area contributed by atoms with E-state index in [1.54, 1.807) is 14.0 Å². The van der Waals surface area contributed by atoms with Crippen molar-refractivity contribution in [3.63, 3.8) is 0 Å². The lowest BCUT2D eigenvalue weighted by Gasteiger charge is -2.26. The predicted octanol–water partition coefficient (Wildman–Crippen LogP) is 1.35. The Hall–Kier alpha value is -0.260. The third-order valence-electron chi connectivity index (χ3n) is 3.06. The van der Waals surface area contributed by atoms with Crippen LogP contribution in [0.5, 0.6) is 0 Å². The van der Waals surface area contributed by atoms with Gasteiger partial charge in [0.25, 0.3) is 0 Å². The first-order chi connectivity index (χ1) is 7.58. The van der Waals surface area contributed by atoms with Gasteiger partial charge in [-0.1, -0.05) is 6.42 Å². The summed E-state index contributed by atoms with van der Waals surface area (Å²) in [4.78, 5) is 11.0. The monoisotopic (exact) mass is 247 g/mol. The number of hydrogen-bond donors (Lipinski definition) is 2. The Morgan fingerprint density at radius 3 is 2.69 bits per heavy atom. The van der Waals surface area contributed by atoms with Crippen LogP contribution in [-0.2, 0) is 9.53 Å². The van der Waals surface area contributed by atoms with E-state index >= 15 is 0 Å². The Morgan fingerprint density at radius 1 is 1.56 bits per heavy atom. The van der Waals surface area contributed by atoms with Gasteiger partial charge in [0.2, 0.25) is 0 Å². The highest BCUT2D eigenvalue weighted by molar-refractivity contribution is 8.00. The molecule has 0 aromatic heterocycles. The maximum atomic E-state index is 11.0. The van der Waals surface area contributed by atoms with Gasteiger partial charge >= 0.3 is 5.97 Å². The lowest BCUT2D eigenvalue weighted by molar-refractivity contribution is -0.144. The molecule has 0 bridgehead atoms. The third-order valence-corrected chi connectivity index (χ3v) is 4.32. The molecule has 1 atom stereocenters. The maximum absolute atomic E-state index is 11.0. The van der Waals surface area contributed by atoms with Crippen LogP contribution >= 0.6 is 11.8 Å². The van der Waals surface area contributed by atoms with Crippen LogP contribution in [0.4, 0.5) is 0 Å². The highest BCUT2D eigenvalue weighted by atomic mass is 32.2. The zero-order chi connectivity index (χ0) is 12.0. The van der Waals surface area contributed by atoms with Gasteiger partial charge in [-0.2, -0.15) is 11.8 Å². The molecule has 1 aliphatic rings. The lowest BCUT2D eigenvalue weighted by atomic mass is 9.95. The summed E-state index contributed by atoms with van der Waals surface area (Å²) >= 11 is 1.94. The van der Waals surface area contributed by atoms with Gasteiger partial charge in [0, 0.05) is 0 Å². The minimum atomic E-state index is -0.774. The second-order valence-electron chi connectivity index (χ2n) is 4.37. The van der Waals surface area contributed by atoms with E-state index in [-0.39, 0.29) is 0 Å². The van der Waals surface area contributed by atoms with Crippen molar-refractivity contribution >= 4 is 17.7 Å². The van der Waals surface area contributed by atoms with E-state index in [1.807, 2.05) is 11.8 Å². The molecule has 0 aromatic rings. The first-order valence-electron chi connectivity index (χ1n) is 5.70. The highest BCUT2D eigenvalue weighted by Gasteiger charge is 2.30. The fourth-order valence-corrected chi connectivity index (χ4v) is 2.57. The summed E-state index contributed by atoms with van der Waals surface area (Å²) in [6.45, 7) is 3.50. The van der Waals surface area contributed by atoms with Crippen molar-refractivity contribution in [2.75, 3.05) is 26.0 Å². The van der Waals surface area contributed by atoms with Crippen LogP contribution in [0.1, 0.15) is 26.2 Å². The van der Waals surface area contributed by atoms with E-state index in [9.17, 15) is 4.79 Å². The number of ether oxygens (including phenoxy) is 1. The fraction of sp³-hybridized carbons (Fsp3) is 0.909. The van der Waals surface area contributed by atoms with E-state index in [4.69, 9.17) is 9.84 Å². The van der Waals surface area contributed by atoms with Gasteiger partial charge in [0.1, 0.15) is 5.54 Å². The second kappa shape index (κ2) is 6.47. The van der Waals surface area contributed by atoms with E-state index < -0.39 is 11.5 Å². The minimum absolute atomic E-state index is 0.676. The van der Waals surface area contributed by atoms with Gasteiger partial charge in [-0.05, 0) is 32.6 Å². The molecule has 4 nitrogen and oxygen atoms in total. The Balaban J connectivity index is 2.06. The van der Waals surface area contributed by atoms with Crippen molar-refractivity contribution < 1.29 is 14.6 Å². The van der Waals surface area contributed by atoms with Crippen LogP contribution < -0.4 is 5.32 Å². The number of unbranched alkanes of at least 4 members (excludes halogenated alkanes) is 1. The summed E-state index contributed by atoms with van der Waals surface area (Å²) in [5.74, 6) is 0.336. The number of carboxylic acid groups (broad SMARTS) is 1. The molecule has 2 N–H and O–H groups in total. The first kappa shape index (κ1) is 13.8. The van der Waals surface area contributed by atoms with Gasteiger partial charge in [0.05, 0.1) is 18.5 Å².